The lowest BCUT2D eigenvalue weighted by molar-refractivity contribution is -0.274. The van der Waals surface area contributed by atoms with Crippen LogP contribution in [0.25, 0.3) is 11.4 Å². The summed E-state index contributed by atoms with van der Waals surface area (Å²) in [6.07, 6.45) is -0.713. The van der Waals surface area contributed by atoms with Crippen LogP contribution in [0.15, 0.2) is 42.7 Å². The van der Waals surface area contributed by atoms with Crippen molar-refractivity contribution in [1.29, 1.82) is 0 Å². The maximum absolute atomic E-state index is 13.2. The highest BCUT2D eigenvalue weighted by molar-refractivity contribution is 5.95. The molecule has 1 fully saturated rings. The van der Waals surface area contributed by atoms with Crippen LogP contribution < -0.4 is 15.4 Å². The minimum absolute atomic E-state index is 0.0170. The smallest absolute Gasteiger partial charge is 0.478 e. The molecule has 3 aromatic rings. The number of aromatic nitrogens is 3. The number of hydrogen-bond acceptors (Lipinski definition) is 7. The molecule has 4 rings (SSSR count). The van der Waals surface area contributed by atoms with Crippen LogP contribution in [-0.2, 0) is 7.05 Å². The van der Waals surface area contributed by atoms with Gasteiger partial charge in [-0.1, -0.05) is 0 Å². The number of halogens is 3. The number of carbonyl (C=O) groups is 2. The second-order valence-corrected chi connectivity index (χ2v) is 8.73. The van der Waals surface area contributed by atoms with Gasteiger partial charge >= 0.3 is 12.3 Å². The van der Waals surface area contributed by atoms with E-state index in [1.807, 2.05) is 7.05 Å². The van der Waals surface area contributed by atoms with Crippen LogP contribution in [0.3, 0.4) is 0 Å². The minimum atomic E-state index is -5.00. The molecule has 37 heavy (non-hydrogen) atoms. The molecule has 13 heteroatoms. The predicted octanol–water partition coefficient (Wildman–Crippen LogP) is 3.65. The fourth-order valence-corrected chi connectivity index (χ4v) is 4.02. The van der Waals surface area contributed by atoms with Crippen LogP contribution in [0.2, 0.25) is 0 Å². The molecule has 196 valence electrons. The first-order valence-corrected chi connectivity index (χ1v) is 11.4. The van der Waals surface area contributed by atoms with E-state index in [2.05, 4.69) is 30.2 Å². The van der Waals surface area contributed by atoms with E-state index in [0.717, 1.165) is 32.0 Å². The summed E-state index contributed by atoms with van der Waals surface area (Å²) in [5.74, 6) is -2.27. The number of alkyl halides is 3. The number of aromatic carboxylic acids is 1. The maximum atomic E-state index is 13.2. The molecule has 3 heterocycles. The molecule has 0 atom stereocenters. The molecule has 1 saturated heterocycles. The van der Waals surface area contributed by atoms with Crippen molar-refractivity contribution in [3.8, 4) is 17.1 Å². The van der Waals surface area contributed by atoms with Crippen molar-refractivity contribution in [1.82, 2.24) is 24.8 Å². The largest absolute Gasteiger partial charge is 0.573 e. The molecule has 0 saturated carbocycles. The van der Waals surface area contributed by atoms with Gasteiger partial charge in [0, 0.05) is 31.0 Å². The van der Waals surface area contributed by atoms with Gasteiger partial charge in [-0.05, 0) is 63.3 Å². The Bertz CT molecular complexity index is 1300. The third kappa shape index (κ3) is 6.55. The number of benzene rings is 1. The first kappa shape index (κ1) is 25.9. The molecule has 0 radical (unpaired) electrons. The van der Waals surface area contributed by atoms with Gasteiger partial charge in [-0.2, -0.15) is 0 Å². The number of carbonyl (C=O) groups excluding carboxylic acids is 1. The number of ether oxygens (including phenoxy) is 1. The number of nitrogens with one attached hydrogen (secondary N) is 2. The molecule has 1 aliphatic heterocycles. The summed E-state index contributed by atoms with van der Waals surface area (Å²) in [7, 11) is 3.62. The van der Waals surface area contributed by atoms with Gasteiger partial charge in [0.25, 0.3) is 5.91 Å². The summed E-state index contributed by atoms with van der Waals surface area (Å²) in [5, 5.41) is 14.8. The van der Waals surface area contributed by atoms with Gasteiger partial charge in [-0.15, -0.1) is 13.2 Å². The van der Waals surface area contributed by atoms with Crippen molar-refractivity contribution in [2.75, 3.05) is 25.5 Å². The van der Waals surface area contributed by atoms with Crippen LogP contribution >= 0.6 is 0 Å². The first-order chi connectivity index (χ1) is 17.5. The summed E-state index contributed by atoms with van der Waals surface area (Å²) in [5.41, 5.74) is 0.780. The maximum Gasteiger partial charge on any atom is 0.573 e. The van der Waals surface area contributed by atoms with Gasteiger partial charge in [0.1, 0.15) is 0 Å². The molecule has 0 spiro atoms. The molecule has 3 N–H and O–H groups in total. The zero-order chi connectivity index (χ0) is 26.7. The highest BCUT2D eigenvalue weighted by Gasteiger charge is 2.33. The zero-order valence-electron chi connectivity index (χ0n) is 20.0. The fourth-order valence-electron chi connectivity index (χ4n) is 4.02. The molecule has 0 bridgehead atoms. The Labute approximate surface area is 210 Å². The third-order valence-corrected chi connectivity index (χ3v) is 5.94. The Morgan fingerprint density at radius 3 is 2.49 bits per heavy atom. The van der Waals surface area contributed by atoms with E-state index in [-0.39, 0.29) is 28.8 Å². The molecule has 1 amide bonds. The standard InChI is InChI=1S/C24H25F3N6O4/c1-32-9-6-16(7-10-32)29-21(34)14-3-4-18(20(12-14)37-24(25,26)27)31-23-28-8-5-17(30-23)19-11-15(22(35)36)13-33(19)2/h3-5,8,11-13,16H,6-7,9-10H2,1-2H3,(H,29,34)(H,35,36)(H,28,30,31). The highest BCUT2D eigenvalue weighted by atomic mass is 19.4. The zero-order valence-corrected chi connectivity index (χ0v) is 20.0. The van der Waals surface area contributed by atoms with Crippen LogP contribution in [-0.4, -0.2) is 69.0 Å². The lowest BCUT2D eigenvalue weighted by Gasteiger charge is -2.29. The van der Waals surface area contributed by atoms with Crippen molar-refractivity contribution in [2.24, 2.45) is 7.05 Å². The predicted molar refractivity (Wildman–Crippen MR) is 128 cm³/mol. The quantitative estimate of drug-likeness (QED) is 0.434. The number of hydrogen-bond donors (Lipinski definition) is 3. The lowest BCUT2D eigenvalue weighted by Crippen LogP contribution is -2.43. The summed E-state index contributed by atoms with van der Waals surface area (Å²) in [6.45, 7) is 1.63. The monoisotopic (exact) mass is 518 g/mol. The number of rotatable bonds is 7. The number of nitrogens with zero attached hydrogens (tertiary/aromatic N) is 4. The molecule has 0 unspecified atom stereocenters. The van der Waals surface area contributed by atoms with E-state index in [0.29, 0.717) is 11.4 Å². The summed E-state index contributed by atoms with van der Waals surface area (Å²) >= 11 is 0. The second-order valence-electron chi connectivity index (χ2n) is 8.73. The van der Waals surface area contributed by atoms with Crippen LogP contribution in [0, 0.1) is 0 Å². The molecule has 1 aromatic carbocycles. The van der Waals surface area contributed by atoms with Gasteiger partial charge in [0.05, 0.1) is 22.6 Å². The van der Waals surface area contributed by atoms with Crippen molar-refractivity contribution >= 4 is 23.5 Å². The fraction of sp³-hybridized carbons (Fsp3) is 0.333. The number of anilines is 2. The van der Waals surface area contributed by atoms with Crippen molar-refractivity contribution in [3.05, 3.63) is 53.9 Å². The van der Waals surface area contributed by atoms with Crippen LogP contribution in [0.5, 0.6) is 5.75 Å². The average Bonchev–Trinajstić information content (AvgIpc) is 3.23. The van der Waals surface area contributed by atoms with E-state index in [4.69, 9.17) is 0 Å². The summed E-state index contributed by atoms with van der Waals surface area (Å²) in [6, 6.07) is 6.58. The Morgan fingerprint density at radius 2 is 1.84 bits per heavy atom. The molecule has 2 aromatic heterocycles. The summed E-state index contributed by atoms with van der Waals surface area (Å²) < 4.78 is 45.2. The van der Waals surface area contributed by atoms with E-state index < -0.39 is 24.0 Å². The SMILES string of the molecule is CN1CCC(NC(=O)c2ccc(Nc3nccc(-c4cc(C(=O)O)cn4C)n3)c(OC(F)(F)F)c2)CC1. The number of aryl methyl sites for hydroxylation is 1. The first-order valence-electron chi connectivity index (χ1n) is 11.4. The summed E-state index contributed by atoms with van der Waals surface area (Å²) in [4.78, 5) is 34.5. The van der Waals surface area contributed by atoms with Gasteiger partial charge in [-0.3, -0.25) is 4.79 Å². The Kier molecular flexibility index (Phi) is 7.34. The second kappa shape index (κ2) is 10.5. The minimum Gasteiger partial charge on any atom is -0.478 e. The van der Waals surface area contributed by atoms with Gasteiger partial charge in [0.15, 0.2) is 5.75 Å². The Balaban J connectivity index is 1.58. The van der Waals surface area contributed by atoms with Crippen LogP contribution in [0.1, 0.15) is 33.6 Å². The number of carboxylic acids is 1. The normalized spacial score (nSPS) is 14.8. The van der Waals surface area contributed by atoms with Crippen molar-refractivity contribution in [3.63, 3.8) is 0 Å². The van der Waals surface area contributed by atoms with Gasteiger partial charge < -0.3 is 29.9 Å². The third-order valence-electron chi connectivity index (χ3n) is 5.94. The Morgan fingerprint density at radius 1 is 1.11 bits per heavy atom. The van der Waals surface area contributed by atoms with E-state index in [1.165, 1.54) is 36.7 Å². The molecule has 10 nitrogen and oxygen atoms in total. The van der Waals surface area contributed by atoms with Gasteiger partial charge in [0.2, 0.25) is 5.95 Å². The number of amides is 1. The molecule has 0 aliphatic carbocycles. The van der Waals surface area contributed by atoms with E-state index in [1.54, 1.807) is 11.6 Å². The molecular weight excluding hydrogens is 493 g/mol. The number of piperidine rings is 1. The van der Waals surface area contributed by atoms with E-state index in [9.17, 15) is 27.9 Å². The topological polar surface area (TPSA) is 122 Å². The number of carboxylic acid groups (broad SMARTS) is 1. The van der Waals surface area contributed by atoms with E-state index >= 15 is 0 Å². The average molecular weight is 518 g/mol. The highest BCUT2D eigenvalue weighted by Crippen LogP contribution is 2.33. The van der Waals surface area contributed by atoms with Gasteiger partial charge in [-0.25, -0.2) is 14.8 Å². The molecule has 1 aliphatic rings. The lowest BCUT2D eigenvalue weighted by atomic mass is 10.0. The van der Waals surface area contributed by atoms with Crippen molar-refractivity contribution < 1.29 is 32.6 Å². The number of likely N-dealkylation sites (tertiary alicyclic amines) is 1. The Hall–Kier alpha value is -4.13. The molecular formula is C24H25F3N6O4. The van der Waals surface area contributed by atoms with Crippen LogP contribution in [0.4, 0.5) is 24.8 Å². The van der Waals surface area contributed by atoms with Crippen molar-refractivity contribution in [2.45, 2.75) is 25.2 Å².